The molecule has 0 unspecified atom stereocenters. The number of para-hydroxylation sites is 1. The predicted molar refractivity (Wildman–Crippen MR) is 138 cm³/mol. The molecule has 1 aromatic heterocycles. The molecule has 1 atom stereocenters. The number of methoxy groups -OCH3 is 1. The molecule has 0 spiro atoms. The molecule has 2 amide bonds. The third-order valence-corrected chi connectivity index (χ3v) is 7.29. The van der Waals surface area contributed by atoms with Gasteiger partial charge in [-0.05, 0) is 84.3 Å². The summed E-state index contributed by atoms with van der Waals surface area (Å²) in [5, 5.41) is 3.30. The number of anilines is 1. The summed E-state index contributed by atoms with van der Waals surface area (Å²) in [4.78, 5) is 16.0. The highest BCUT2D eigenvalue weighted by molar-refractivity contribution is 5.91. The normalized spacial score (nSPS) is 16.5. The molecule has 2 heterocycles. The molecule has 1 N–H and O–H groups in total. The molecule has 1 aliphatic carbocycles. The van der Waals surface area contributed by atoms with Gasteiger partial charge in [0.05, 0.1) is 25.4 Å². The maximum Gasteiger partial charge on any atom is 0.322 e. The summed E-state index contributed by atoms with van der Waals surface area (Å²) in [5.41, 5.74) is 7.91. The van der Waals surface area contributed by atoms with Gasteiger partial charge in [0.25, 0.3) is 0 Å². The fourth-order valence-electron chi connectivity index (χ4n) is 5.56. The summed E-state index contributed by atoms with van der Waals surface area (Å²) in [6.07, 6.45) is 6.56. The molecule has 35 heavy (non-hydrogen) atoms. The van der Waals surface area contributed by atoms with Crippen LogP contribution in [0.5, 0.6) is 5.75 Å². The van der Waals surface area contributed by atoms with E-state index in [1.807, 2.05) is 29.2 Å². The molecule has 176 valence electrons. The van der Waals surface area contributed by atoms with Crippen LogP contribution in [0.3, 0.4) is 0 Å². The number of amides is 2. The molecule has 0 radical (unpaired) electrons. The van der Waals surface area contributed by atoms with Crippen LogP contribution in [0, 0.1) is 0 Å². The van der Waals surface area contributed by atoms with E-state index in [2.05, 4.69) is 70.7 Å². The molecule has 0 bridgehead atoms. The maximum atomic E-state index is 14.0. The van der Waals surface area contributed by atoms with Gasteiger partial charge in [-0.2, -0.15) is 0 Å². The zero-order valence-electron chi connectivity index (χ0n) is 19.9. The number of rotatable bonds is 3. The van der Waals surface area contributed by atoms with E-state index in [0.29, 0.717) is 6.54 Å². The first-order valence-electron chi connectivity index (χ1n) is 12.3. The van der Waals surface area contributed by atoms with Crippen LogP contribution < -0.4 is 10.1 Å². The quantitative estimate of drug-likeness (QED) is 0.377. The van der Waals surface area contributed by atoms with Crippen molar-refractivity contribution in [3.8, 4) is 11.4 Å². The van der Waals surface area contributed by atoms with Gasteiger partial charge in [0.1, 0.15) is 5.75 Å². The zero-order valence-corrected chi connectivity index (χ0v) is 19.9. The van der Waals surface area contributed by atoms with Crippen LogP contribution in [0.4, 0.5) is 10.5 Å². The van der Waals surface area contributed by atoms with Gasteiger partial charge in [-0.25, -0.2) is 4.79 Å². The van der Waals surface area contributed by atoms with Crippen molar-refractivity contribution in [1.82, 2.24) is 9.47 Å². The lowest BCUT2D eigenvalue weighted by Crippen LogP contribution is -2.38. The fraction of sp³-hybridized carbons (Fsp3) is 0.233. The first-order chi connectivity index (χ1) is 17.2. The molecule has 0 fully saturated rings. The van der Waals surface area contributed by atoms with E-state index >= 15 is 0 Å². The monoisotopic (exact) mass is 463 g/mol. The minimum absolute atomic E-state index is 0.0887. The summed E-state index contributed by atoms with van der Waals surface area (Å²) < 4.78 is 7.60. The molecule has 1 aliphatic heterocycles. The van der Waals surface area contributed by atoms with Gasteiger partial charge in [0, 0.05) is 17.6 Å². The Kier molecular flexibility index (Phi) is 5.53. The van der Waals surface area contributed by atoms with Crippen LogP contribution >= 0.6 is 0 Å². The number of aryl methyl sites for hydroxylation is 1. The molecule has 3 aromatic carbocycles. The predicted octanol–water partition coefficient (Wildman–Crippen LogP) is 6.50. The van der Waals surface area contributed by atoms with E-state index in [-0.39, 0.29) is 12.1 Å². The second-order valence-electron chi connectivity index (χ2n) is 9.32. The first-order valence-corrected chi connectivity index (χ1v) is 12.3. The van der Waals surface area contributed by atoms with Crippen molar-refractivity contribution < 1.29 is 9.53 Å². The van der Waals surface area contributed by atoms with Crippen LogP contribution in [0.15, 0.2) is 85.1 Å². The second kappa shape index (κ2) is 8.99. The Labute approximate surface area is 206 Å². The second-order valence-corrected chi connectivity index (χ2v) is 9.32. The number of aromatic nitrogens is 1. The van der Waals surface area contributed by atoms with Crippen molar-refractivity contribution in [1.29, 1.82) is 0 Å². The third-order valence-electron chi connectivity index (χ3n) is 7.29. The van der Waals surface area contributed by atoms with Gasteiger partial charge in [0.2, 0.25) is 0 Å². The van der Waals surface area contributed by atoms with E-state index < -0.39 is 0 Å². The number of nitrogens with zero attached hydrogens (tertiary/aromatic N) is 2. The van der Waals surface area contributed by atoms with Crippen molar-refractivity contribution in [3.05, 3.63) is 113 Å². The number of urea groups is 1. The highest BCUT2D eigenvalue weighted by Crippen LogP contribution is 2.38. The third kappa shape index (κ3) is 3.87. The maximum absolute atomic E-state index is 14.0. The lowest BCUT2D eigenvalue weighted by atomic mass is 9.90. The Morgan fingerprint density at radius 3 is 2.54 bits per heavy atom. The van der Waals surface area contributed by atoms with Crippen LogP contribution in [-0.4, -0.2) is 22.6 Å². The minimum Gasteiger partial charge on any atom is -0.497 e. The SMILES string of the molecule is COc1ccc([C@@H]2c3cccn3-c3ccccc3CN2C(=O)Nc2cccc3c2CCCC3)cc1. The van der Waals surface area contributed by atoms with Crippen molar-refractivity contribution in [3.63, 3.8) is 0 Å². The molecule has 0 saturated carbocycles. The number of carbonyl (C=O) groups is 1. The summed E-state index contributed by atoms with van der Waals surface area (Å²) in [5.74, 6) is 0.799. The number of hydrogen-bond donors (Lipinski definition) is 1. The molecule has 2 aliphatic rings. The molecular formula is C30H29N3O2. The number of carbonyl (C=O) groups excluding carboxylic acids is 1. The molecular weight excluding hydrogens is 434 g/mol. The standard InChI is InChI=1S/C30H29N3O2/c1-35-24-17-15-22(16-18-24)29-28-14-7-19-32(28)27-13-5-3-9-23(27)20-33(29)30(34)31-26-12-6-10-21-8-2-4-11-25(21)26/h3,5-7,9-10,12-19,29H,2,4,8,11,20H2,1H3,(H,31,34)/t29-/m1/s1. The highest BCUT2D eigenvalue weighted by Gasteiger charge is 2.33. The molecule has 0 saturated heterocycles. The summed E-state index contributed by atoms with van der Waals surface area (Å²) >= 11 is 0. The van der Waals surface area contributed by atoms with Gasteiger partial charge < -0.3 is 19.5 Å². The Morgan fingerprint density at radius 1 is 0.886 bits per heavy atom. The van der Waals surface area contributed by atoms with Gasteiger partial charge in [0.15, 0.2) is 0 Å². The summed E-state index contributed by atoms with van der Waals surface area (Å²) in [6.45, 7) is 0.509. The number of fused-ring (bicyclic) bond motifs is 4. The summed E-state index contributed by atoms with van der Waals surface area (Å²) in [7, 11) is 1.67. The Hall–Kier alpha value is -3.99. The van der Waals surface area contributed by atoms with E-state index in [0.717, 1.165) is 46.8 Å². The van der Waals surface area contributed by atoms with Crippen molar-refractivity contribution >= 4 is 11.7 Å². The molecule has 5 heteroatoms. The van der Waals surface area contributed by atoms with E-state index in [4.69, 9.17) is 4.74 Å². The van der Waals surface area contributed by atoms with Crippen LogP contribution in [0.25, 0.3) is 5.69 Å². The average Bonchev–Trinajstić information content (AvgIpc) is 3.33. The topological polar surface area (TPSA) is 46.5 Å². The van der Waals surface area contributed by atoms with E-state index in [1.165, 1.54) is 24.0 Å². The first kappa shape index (κ1) is 21.5. The van der Waals surface area contributed by atoms with Gasteiger partial charge in [-0.3, -0.25) is 0 Å². The highest BCUT2D eigenvalue weighted by atomic mass is 16.5. The average molecular weight is 464 g/mol. The van der Waals surface area contributed by atoms with Crippen LogP contribution in [0.1, 0.15) is 46.8 Å². The molecule has 6 rings (SSSR count). The van der Waals surface area contributed by atoms with Gasteiger partial charge in [-0.15, -0.1) is 0 Å². The largest absolute Gasteiger partial charge is 0.497 e. The Morgan fingerprint density at radius 2 is 1.69 bits per heavy atom. The number of ether oxygens (including phenoxy) is 1. The van der Waals surface area contributed by atoms with Crippen molar-refractivity contribution in [2.45, 2.75) is 38.3 Å². The number of benzene rings is 3. The summed E-state index contributed by atoms with van der Waals surface area (Å²) in [6, 6.07) is 26.5. The van der Waals surface area contributed by atoms with Crippen LogP contribution in [0.2, 0.25) is 0 Å². The van der Waals surface area contributed by atoms with E-state index in [9.17, 15) is 4.79 Å². The number of hydrogen-bond acceptors (Lipinski definition) is 2. The van der Waals surface area contributed by atoms with E-state index in [1.54, 1.807) is 7.11 Å². The lowest BCUT2D eigenvalue weighted by molar-refractivity contribution is 0.194. The van der Waals surface area contributed by atoms with Gasteiger partial charge in [-0.1, -0.05) is 42.5 Å². The Balaban J connectivity index is 1.44. The van der Waals surface area contributed by atoms with Crippen molar-refractivity contribution in [2.24, 2.45) is 0 Å². The zero-order chi connectivity index (χ0) is 23.8. The van der Waals surface area contributed by atoms with Crippen LogP contribution in [-0.2, 0) is 19.4 Å². The van der Waals surface area contributed by atoms with Gasteiger partial charge >= 0.3 is 6.03 Å². The molecule has 4 aromatic rings. The number of nitrogens with one attached hydrogen (secondary N) is 1. The lowest BCUT2D eigenvalue weighted by Gasteiger charge is -2.31. The smallest absolute Gasteiger partial charge is 0.322 e. The fourth-order valence-corrected chi connectivity index (χ4v) is 5.56. The minimum atomic E-state index is -0.247. The van der Waals surface area contributed by atoms with Crippen molar-refractivity contribution in [2.75, 3.05) is 12.4 Å². The molecule has 5 nitrogen and oxygen atoms in total. The Bertz CT molecular complexity index is 1370.